The van der Waals surface area contributed by atoms with E-state index in [0.717, 1.165) is 31.6 Å². The maximum atomic E-state index is 3.98. The van der Waals surface area contributed by atoms with E-state index < -0.39 is 0 Å². The highest BCUT2D eigenvalue weighted by Crippen LogP contribution is 2.15. The first-order chi connectivity index (χ1) is 14.8. The highest BCUT2D eigenvalue weighted by molar-refractivity contribution is 4.98. The van der Waals surface area contributed by atoms with E-state index in [1.54, 1.807) is 0 Å². The van der Waals surface area contributed by atoms with Crippen LogP contribution in [0.25, 0.3) is 0 Å². The van der Waals surface area contributed by atoms with Crippen molar-refractivity contribution in [3.05, 3.63) is 13.8 Å². The van der Waals surface area contributed by atoms with Crippen LogP contribution in [0, 0.1) is 31.6 Å². The molecule has 0 aliphatic heterocycles. The van der Waals surface area contributed by atoms with Gasteiger partial charge in [0, 0.05) is 12.8 Å². The van der Waals surface area contributed by atoms with Crippen molar-refractivity contribution in [2.24, 2.45) is 5.92 Å². The molecule has 0 aromatic heterocycles. The van der Waals surface area contributed by atoms with Gasteiger partial charge in [-0.2, -0.15) is 0 Å². The topological polar surface area (TPSA) is 0 Å². The molecule has 2 radical (unpaired) electrons. The molecule has 1 unspecified atom stereocenters. The van der Waals surface area contributed by atoms with E-state index in [-0.39, 0.29) is 0 Å². The molecule has 0 rings (SSSR count). The zero-order valence-corrected chi connectivity index (χ0v) is 21.0. The third-order valence-electron chi connectivity index (χ3n) is 6.42. The average molecular weight is 417 g/mol. The van der Waals surface area contributed by atoms with Crippen LogP contribution in [0.3, 0.4) is 0 Å². The maximum absolute atomic E-state index is 3.98. The molecular formula is C30H56. The number of rotatable bonds is 23. The molecule has 0 bridgehead atoms. The summed E-state index contributed by atoms with van der Waals surface area (Å²) in [6.45, 7) is 10.2. The molecule has 0 saturated heterocycles. The van der Waals surface area contributed by atoms with Crippen LogP contribution in [0.15, 0.2) is 0 Å². The second-order valence-electron chi connectivity index (χ2n) is 9.61. The normalized spacial score (nSPS) is 12.0. The zero-order chi connectivity index (χ0) is 22.0. The Morgan fingerprint density at radius 1 is 0.467 bits per heavy atom. The summed E-state index contributed by atoms with van der Waals surface area (Å²) in [5.41, 5.74) is 0. The Kier molecular flexibility index (Phi) is 26.2. The minimum Gasteiger partial charge on any atom is -0.103 e. The molecule has 0 aliphatic carbocycles. The summed E-state index contributed by atoms with van der Waals surface area (Å²) >= 11 is 0. The van der Waals surface area contributed by atoms with E-state index in [1.165, 1.54) is 128 Å². The van der Waals surface area contributed by atoms with Crippen LogP contribution in [0.4, 0.5) is 0 Å². The predicted octanol–water partition coefficient (Wildman–Crippen LogP) is 10.7. The zero-order valence-electron chi connectivity index (χ0n) is 21.0. The molecule has 0 heterocycles. The molecule has 176 valence electrons. The van der Waals surface area contributed by atoms with Crippen LogP contribution < -0.4 is 0 Å². The van der Waals surface area contributed by atoms with Gasteiger partial charge in [-0.05, 0) is 18.8 Å². The molecule has 0 saturated carbocycles. The monoisotopic (exact) mass is 416 g/mol. The molecule has 0 heteroatoms. The van der Waals surface area contributed by atoms with E-state index in [4.69, 9.17) is 0 Å². The molecule has 0 aromatic carbocycles. The van der Waals surface area contributed by atoms with Crippen LogP contribution in [0.2, 0.25) is 0 Å². The van der Waals surface area contributed by atoms with E-state index in [0.29, 0.717) is 0 Å². The van der Waals surface area contributed by atoms with Crippen molar-refractivity contribution in [3.63, 3.8) is 0 Å². The van der Waals surface area contributed by atoms with Gasteiger partial charge in [0.05, 0.1) is 0 Å². The lowest BCUT2D eigenvalue weighted by atomic mass is 10.00. The summed E-state index contributed by atoms with van der Waals surface area (Å²) in [5.74, 6) is 7.62. The SMILES string of the molecule is [CH2]CCCCCCCCCCCCCCC#CCCCCCCCCCC(C)C[CH2]. The van der Waals surface area contributed by atoms with Gasteiger partial charge >= 0.3 is 0 Å². The summed E-state index contributed by atoms with van der Waals surface area (Å²) in [7, 11) is 0. The Labute approximate surface area is 192 Å². The molecule has 0 fully saturated rings. The van der Waals surface area contributed by atoms with Crippen LogP contribution in [0.5, 0.6) is 0 Å². The lowest BCUT2D eigenvalue weighted by molar-refractivity contribution is 0.484. The first-order valence-corrected chi connectivity index (χ1v) is 13.9. The van der Waals surface area contributed by atoms with Crippen molar-refractivity contribution in [1.82, 2.24) is 0 Å². The van der Waals surface area contributed by atoms with Gasteiger partial charge in [-0.25, -0.2) is 0 Å². The molecule has 1 atom stereocenters. The fraction of sp³-hybridized carbons (Fsp3) is 0.867. The van der Waals surface area contributed by atoms with Crippen LogP contribution in [0.1, 0.15) is 161 Å². The lowest BCUT2D eigenvalue weighted by Crippen LogP contribution is -1.91. The molecule has 0 N–H and O–H groups in total. The predicted molar refractivity (Wildman–Crippen MR) is 138 cm³/mol. The maximum Gasteiger partial charge on any atom is 0.00886 e. The Bertz CT molecular complexity index is 358. The van der Waals surface area contributed by atoms with E-state index in [1.807, 2.05) is 0 Å². The molecular weight excluding hydrogens is 360 g/mol. The van der Waals surface area contributed by atoms with Gasteiger partial charge in [0.15, 0.2) is 0 Å². The van der Waals surface area contributed by atoms with Crippen molar-refractivity contribution in [3.8, 4) is 11.8 Å². The third kappa shape index (κ3) is 25.6. The van der Waals surface area contributed by atoms with Crippen LogP contribution in [-0.4, -0.2) is 0 Å². The molecule has 0 amide bonds. The van der Waals surface area contributed by atoms with Crippen molar-refractivity contribution in [1.29, 1.82) is 0 Å². The highest BCUT2D eigenvalue weighted by Gasteiger charge is 1.98. The second kappa shape index (κ2) is 26.6. The van der Waals surface area contributed by atoms with Crippen molar-refractivity contribution in [2.45, 2.75) is 161 Å². The molecule has 0 aromatic rings. The molecule has 0 aliphatic rings. The summed E-state index contributed by atoms with van der Waals surface area (Å²) in [4.78, 5) is 0. The Hall–Kier alpha value is -0.440. The van der Waals surface area contributed by atoms with E-state index in [2.05, 4.69) is 32.6 Å². The summed E-state index contributed by atoms with van der Waals surface area (Å²) in [6, 6.07) is 0. The Balaban J connectivity index is 3.12. The van der Waals surface area contributed by atoms with Gasteiger partial charge in [0.1, 0.15) is 0 Å². The van der Waals surface area contributed by atoms with Gasteiger partial charge in [0.2, 0.25) is 0 Å². The second-order valence-corrected chi connectivity index (χ2v) is 9.61. The average Bonchev–Trinajstić information content (AvgIpc) is 2.76. The van der Waals surface area contributed by atoms with Gasteiger partial charge < -0.3 is 0 Å². The molecule has 0 nitrogen and oxygen atoms in total. The van der Waals surface area contributed by atoms with E-state index in [9.17, 15) is 0 Å². The summed E-state index contributed by atoms with van der Waals surface area (Å²) < 4.78 is 0. The van der Waals surface area contributed by atoms with Crippen LogP contribution in [-0.2, 0) is 0 Å². The van der Waals surface area contributed by atoms with Crippen molar-refractivity contribution < 1.29 is 0 Å². The largest absolute Gasteiger partial charge is 0.103 e. The fourth-order valence-corrected chi connectivity index (χ4v) is 4.07. The van der Waals surface area contributed by atoms with Gasteiger partial charge in [-0.15, -0.1) is 11.8 Å². The highest BCUT2D eigenvalue weighted by atomic mass is 14.0. The lowest BCUT2D eigenvalue weighted by Gasteiger charge is -2.07. The first-order valence-electron chi connectivity index (χ1n) is 13.9. The minimum atomic E-state index is 0.821. The number of unbranched alkanes of at least 4 members (excludes halogenated alkanes) is 20. The third-order valence-corrected chi connectivity index (χ3v) is 6.42. The Morgan fingerprint density at radius 3 is 1.17 bits per heavy atom. The van der Waals surface area contributed by atoms with Gasteiger partial charge in [-0.3, -0.25) is 0 Å². The Morgan fingerprint density at radius 2 is 0.800 bits per heavy atom. The first kappa shape index (κ1) is 29.6. The standard InChI is InChI=1S/C30H56/c1-4-6-7-8-9-10-11-12-13-14-15-16-17-18-19-20-21-22-23-24-25-26-27-28-29-30(3)5-2/h30H,1-2,4-18,21-29H2,3H3. The number of hydrogen-bond acceptors (Lipinski definition) is 0. The van der Waals surface area contributed by atoms with Crippen LogP contribution >= 0.6 is 0 Å². The quantitative estimate of drug-likeness (QED) is 0.115. The van der Waals surface area contributed by atoms with Crippen molar-refractivity contribution in [2.75, 3.05) is 0 Å². The molecule has 30 heavy (non-hydrogen) atoms. The van der Waals surface area contributed by atoms with Gasteiger partial charge in [-0.1, -0.05) is 149 Å². The fourth-order valence-electron chi connectivity index (χ4n) is 4.07. The van der Waals surface area contributed by atoms with Crippen molar-refractivity contribution >= 4 is 0 Å². The van der Waals surface area contributed by atoms with Gasteiger partial charge in [0.25, 0.3) is 0 Å². The summed E-state index contributed by atoms with van der Waals surface area (Å²) in [5, 5.41) is 0. The molecule has 0 spiro atoms. The minimum absolute atomic E-state index is 0.821. The smallest absolute Gasteiger partial charge is 0.00886 e. The summed E-state index contributed by atoms with van der Waals surface area (Å²) in [6.07, 6.45) is 32.5. The number of hydrogen-bond donors (Lipinski definition) is 0. The van der Waals surface area contributed by atoms with E-state index >= 15 is 0 Å².